The Labute approximate surface area is 186 Å². The number of hydrogen-bond acceptors (Lipinski definition) is 5. The lowest BCUT2D eigenvalue weighted by Crippen LogP contribution is -2.38. The topological polar surface area (TPSA) is 118 Å². The Morgan fingerprint density at radius 1 is 0.969 bits per heavy atom. The maximum absolute atomic E-state index is 12.9. The van der Waals surface area contributed by atoms with Crippen molar-refractivity contribution < 1.29 is 22.4 Å². The van der Waals surface area contributed by atoms with Crippen molar-refractivity contribution in [1.29, 1.82) is 0 Å². The second kappa shape index (κ2) is 11.5. The Balaban J connectivity index is 1.87. The monoisotopic (exact) mass is 466 g/mol. The maximum Gasteiger partial charge on any atom is 0.251 e. The molecule has 1 aromatic heterocycles. The molecule has 9 nitrogen and oxygen atoms in total. The first-order valence-electron chi connectivity index (χ1n) is 10.2. The molecule has 0 bridgehead atoms. The van der Waals surface area contributed by atoms with E-state index in [1.54, 1.807) is 13.8 Å². The largest absolute Gasteiger partial charge is 0.354 e. The standard InChI is InChI=1S/C21H27FN4O5S/c1-3-26(4-2)32(30,31)18-9-10-21(29)25(14-18)15-20(28)24-12-11-23-19(27)13-16-5-7-17(22)8-6-16/h5-10,14H,3-4,11-13,15H2,1-2H3,(H,23,27)(H,24,28). The van der Waals surface area contributed by atoms with Gasteiger partial charge in [0.05, 0.1) is 11.3 Å². The van der Waals surface area contributed by atoms with Crippen molar-refractivity contribution in [2.24, 2.45) is 0 Å². The second-order valence-electron chi connectivity index (χ2n) is 6.92. The van der Waals surface area contributed by atoms with E-state index < -0.39 is 21.5 Å². The summed E-state index contributed by atoms with van der Waals surface area (Å²) >= 11 is 0. The van der Waals surface area contributed by atoms with Gasteiger partial charge >= 0.3 is 0 Å². The molecule has 2 amide bonds. The third kappa shape index (κ3) is 6.99. The fourth-order valence-corrected chi connectivity index (χ4v) is 4.44. The van der Waals surface area contributed by atoms with Crippen LogP contribution >= 0.6 is 0 Å². The average molecular weight is 467 g/mol. The molecule has 1 heterocycles. The summed E-state index contributed by atoms with van der Waals surface area (Å²) in [6.07, 6.45) is 1.23. The van der Waals surface area contributed by atoms with E-state index in [1.165, 1.54) is 34.6 Å². The molecular formula is C21H27FN4O5S. The number of pyridine rings is 1. The fourth-order valence-electron chi connectivity index (χ4n) is 2.96. The van der Waals surface area contributed by atoms with Crippen LogP contribution < -0.4 is 16.2 Å². The molecule has 0 aliphatic carbocycles. The zero-order valence-electron chi connectivity index (χ0n) is 18.0. The molecule has 2 N–H and O–H groups in total. The van der Waals surface area contributed by atoms with Crippen LogP contribution in [0.15, 0.2) is 52.3 Å². The Bertz CT molecular complexity index is 1100. The molecular weight excluding hydrogens is 439 g/mol. The Kier molecular flexibility index (Phi) is 9.09. The van der Waals surface area contributed by atoms with Gasteiger partial charge in [0.2, 0.25) is 21.8 Å². The van der Waals surface area contributed by atoms with E-state index in [9.17, 15) is 27.2 Å². The van der Waals surface area contributed by atoms with Gasteiger partial charge in [-0.3, -0.25) is 14.4 Å². The number of hydrogen-bond donors (Lipinski definition) is 2. The van der Waals surface area contributed by atoms with Gasteiger partial charge in [0.1, 0.15) is 12.4 Å². The highest BCUT2D eigenvalue weighted by Gasteiger charge is 2.22. The highest BCUT2D eigenvalue weighted by atomic mass is 32.2. The lowest BCUT2D eigenvalue weighted by atomic mass is 10.1. The van der Waals surface area contributed by atoms with Crippen LogP contribution in [0.2, 0.25) is 0 Å². The summed E-state index contributed by atoms with van der Waals surface area (Å²) in [5, 5.41) is 5.20. The van der Waals surface area contributed by atoms with Crippen molar-refractivity contribution in [1.82, 2.24) is 19.5 Å². The van der Waals surface area contributed by atoms with Crippen molar-refractivity contribution in [3.05, 3.63) is 64.3 Å². The van der Waals surface area contributed by atoms with E-state index in [4.69, 9.17) is 0 Å². The number of carbonyl (C=O) groups is 2. The van der Waals surface area contributed by atoms with Gasteiger partial charge in [0, 0.05) is 38.4 Å². The highest BCUT2D eigenvalue weighted by molar-refractivity contribution is 7.89. The summed E-state index contributed by atoms with van der Waals surface area (Å²) in [5.74, 6) is -1.17. The van der Waals surface area contributed by atoms with Crippen LogP contribution in [0.5, 0.6) is 0 Å². The Morgan fingerprint density at radius 3 is 2.16 bits per heavy atom. The van der Waals surface area contributed by atoms with Crippen LogP contribution in [0.3, 0.4) is 0 Å². The normalized spacial score (nSPS) is 11.4. The summed E-state index contributed by atoms with van der Waals surface area (Å²) in [7, 11) is -3.76. The van der Waals surface area contributed by atoms with Crippen molar-refractivity contribution in [3.63, 3.8) is 0 Å². The molecule has 0 atom stereocenters. The maximum atomic E-state index is 12.9. The number of nitrogens with zero attached hydrogens (tertiary/aromatic N) is 2. The smallest absolute Gasteiger partial charge is 0.251 e. The molecule has 0 saturated carbocycles. The zero-order valence-corrected chi connectivity index (χ0v) is 18.8. The minimum absolute atomic E-state index is 0.0679. The van der Waals surface area contributed by atoms with Gasteiger partial charge < -0.3 is 15.2 Å². The predicted molar refractivity (Wildman–Crippen MR) is 117 cm³/mol. The van der Waals surface area contributed by atoms with E-state index in [2.05, 4.69) is 10.6 Å². The number of amides is 2. The molecule has 32 heavy (non-hydrogen) atoms. The zero-order chi connectivity index (χ0) is 23.7. The number of sulfonamides is 1. The predicted octanol–water partition coefficient (Wildman–Crippen LogP) is 0.493. The fraction of sp³-hybridized carbons (Fsp3) is 0.381. The first-order valence-corrected chi connectivity index (χ1v) is 11.6. The summed E-state index contributed by atoms with van der Waals surface area (Å²) in [6.45, 7) is 3.92. The van der Waals surface area contributed by atoms with Gasteiger partial charge in [0.25, 0.3) is 5.56 Å². The minimum Gasteiger partial charge on any atom is -0.354 e. The molecule has 0 aliphatic heterocycles. The Hall–Kier alpha value is -3.05. The number of benzene rings is 1. The SMILES string of the molecule is CCN(CC)S(=O)(=O)c1ccc(=O)n(CC(=O)NCCNC(=O)Cc2ccc(F)cc2)c1. The molecule has 0 fully saturated rings. The third-order valence-corrected chi connectivity index (χ3v) is 6.69. The minimum atomic E-state index is -3.76. The van der Waals surface area contributed by atoms with E-state index >= 15 is 0 Å². The van der Waals surface area contributed by atoms with Gasteiger partial charge in [-0.1, -0.05) is 26.0 Å². The van der Waals surface area contributed by atoms with Gasteiger partial charge in [-0.15, -0.1) is 0 Å². The number of aromatic nitrogens is 1. The highest BCUT2D eigenvalue weighted by Crippen LogP contribution is 2.13. The van der Waals surface area contributed by atoms with Crippen LogP contribution in [0.4, 0.5) is 4.39 Å². The summed E-state index contributed by atoms with van der Waals surface area (Å²) in [4.78, 5) is 36.0. The van der Waals surface area contributed by atoms with Crippen molar-refractivity contribution in [2.75, 3.05) is 26.2 Å². The molecule has 0 aliphatic rings. The van der Waals surface area contributed by atoms with Crippen LogP contribution in [-0.4, -0.2) is 55.3 Å². The van der Waals surface area contributed by atoms with E-state index in [0.717, 1.165) is 16.8 Å². The van der Waals surface area contributed by atoms with Crippen LogP contribution in [-0.2, 0) is 32.6 Å². The van der Waals surface area contributed by atoms with Crippen molar-refractivity contribution in [2.45, 2.75) is 31.7 Å². The molecule has 11 heteroatoms. The molecule has 1 aromatic carbocycles. The van der Waals surface area contributed by atoms with E-state index in [-0.39, 0.29) is 55.8 Å². The first-order chi connectivity index (χ1) is 15.2. The molecule has 2 aromatic rings. The quantitative estimate of drug-likeness (QED) is 0.468. The summed E-state index contributed by atoms with van der Waals surface area (Å²) < 4.78 is 40.4. The lowest BCUT2D eigenvalue weighted by Gasteiger charge is -2.19. The van der Waals surface area contributed by atoms with Gasteiger partial charge in [-0.25, -0.2) is 12.8 Å². The van der Waals surface area contributed by atoms with Crippen LogP contribution in [0.25, 0.3) is 0 Å². The second-order valence-corrected chi connectivity index (χ2v) is 8.86. The van der Waals surface area contributed by atoms with Gasteiger partial charge in [-0.2, -0.15) is 4.31 Å². The number of carbonyl (C=O) groups excluding carboxylic acids is 2. The molecule has 0 unspecified atom stereocenters. The molecule has 0 saturated heterocycles. The van der Waals surface area contributed by atoms with Crippen LogP contribution in [0.1, 0.15) is 19.4 Å². The molecule has 174 valence electrons. The van der Waals surface area contributed by atoms with E-state index in [0.29, 0.717) is 5.56 Å². The van der Waals surface area contributed by atoms with Gasteiger partial charge in [0.15, 0.2) is 0 Å². The number of nitrogens with one attached hydrogen (secondary N) is 2. The summed E-state index contributed by atoms with van der Waals surface area (Å²) in [6, 6.07) is 7.91. The molecule has 0 radical (unpaired) electrons. The first kappa shape index (κ1) is 25.2. The number of halogens is 1. The Morgan fingerprint density at radius 2 is 1.56 bits per heavy atom. The van der Waals surface area contributed by atoms with Gasteiger partial charge in [-0.05, 0) is 23.8 Å². The summed E-state index contributed by atoms with van der Waals surface area (Å²) in [5.41, 5.74) is 0.151. The van der Waals surface area contributed by atoms with Crippen molar-refractivity contribution in [3.8, 4) is 0 Å². The van der Waals surface area contributed by atoms with Crippen molar-refractivity contribution >= 4 is 21.8 Å². The van der Waals surface area contributed by atoms with E-state index in [1.807, 2.05) is 0 Å². The number of rotatable bonds is 11. The third-order valence-electron chi connectivity index (χ3n) is 4.66. The lowest BCUT2D eigenvalue weighted by molar-refractivity contribution is -0.123. The molecule has 2 rings (SSSR count). The average Bonchev–Trinajstić information content (AvgIpc) is 2.75. The molecule has 0 spiro atoms. The van der Waals surface area contributed by atoms with Crippen LogP contribution in [0, 0.1) is 5.82 Å².